The molecular formula is C12H18N2O3. The standard InChI is InChI=1S/C12H18N2O3/c1-13-7-11(15)8-14-12(16)17-9-10-5-3-2-4-6-10/h2-6,11,13,15H,7-9H2,1H3,(H,14,16). The van der Waals surface area contributed by atoms with Crippen molar-refractivity contribution in [2.75, 3.05) is 20.1 Å². The summed E-state index contributed by atoms with van der Waals surface area (Å²) in [6, 6.07) is 9.42. The van der Waals surface area contributed by atoms with Crippen molar-refractivity contribution < 1.29 is 14.6 Å². The van der Waals surface area contributed by atoms with Crippen molar-refractivity contribution in [3.63, 3.8) is 0 Å². The van der Waals surface area contributed by atoms with Crippen molar-refractivity contribution in [3.05, 3.63) is 35.9 Å². The fraction of sp³-hybridized carbons (Fsp3) is 0.417. The van der Waals surface area contributed by atoms with E-state index in [9.17, 15) is 9.90 Å². The van der Waals surface area contributed by atoms with Crippen LogP contribution < -0.4 is 10.6 Å². The lowest BCUT2D eigenvalue weighted by atomic mass is 10.2. The molecule has 1 aromatic rings. The van der Waals surface area contributed by atoms with E-state index >= 15 is 0 Å². The fourth-order valence-electron chi connectivity index (χ4n) is 1.28. The maximum atomic E-state index is 11.3. The summed E-state index contributed by atoms with van der Waals surface area (Å²) in [5, 5.41) is 14.6. The highest BCUT2D eigenvalue weighted by molar-refractivity contribution is 5.67. The second kappa shape index (κ2) is 7.65. The number of nitrogens with one attached hydrogen (secondary N) is 2. The number of hydrogen-bond donors (Lipinski definition) is 3. The molecule has 5 nitrogen and oxygen atoms in total. The molecular weight excluding hydrogens is 220 g/mol. The molecule has 0 aromatic heterocycles. The van der Waals surface area contributed by atoms with Gasteiger partial charge in [0, 0.05) is 13.1 Å². The van der Waals surface area contributed by atoms with E-state index < -0.39 is 12.2 Å². The number of ether oxygens (including phenoxy) is 1. The van der Waals surface area contributed by atoms with Crippen LogP contribution in [-0.2, 0) is 11.3 Å². The zero-order valence-corrected chi connectivity index (χ0v) is 9.85. The Labute approximate surface area is 101 Å². The van der Waals surface area contributed by atoms with E-state index in [4.69, 9.17) is 4.74 Å². The Bertz CT molecular complexity index is 330. The molecule has 1 amide bonds. The third kappa shape index (κ3) is 5.89. The summed E-state index contributed by atoms with van der Waals surface area (Å²) in [6.07, 6.45) is -1.13. The average molecular weight is 238 g/mol. The second-order valence-electron chi connectivity index (χ2n) is 3.65. The molecule has 0 aliphatic carbocycles. The van der Waals surface area contributed by atoms with Gasteiger partial charge in [0.1, 0.15) is 6.61 Å². The number of aliphatic hydroxyl groups is 1. The lowest BCUT2D eigenvalue weighted by Crippen LogP contribution is -2.37. The van der Waals surface area contributed by atoms with Gasteiger partial charge in [-0.3, -0.25) is 0 Å². The number of rotatable bonds is 6. The predicted octanol–water partition coefficient (Wildman–Crippen LogP) is 0.493. The van der Waals surface area contributed by atoms with E-state index in [-0.39, 0.29) is 13.2 Å². The van der Waals surface area contributed by atoms with Gasteiger partial charge in [-0.2, -0.15) is 0 Å². The highest BCUT2D eigenvalue weighted by Crippen LogP contribution is 2.00. The maximum absolute atomic E-state index is 11.3. The number of carbonyl (C=O) groups excluding carboxylic acids is 1. The van der Waals surface area contributed by atoms with Gasteiger partial charge in [-0.1, -0.05) is 30.3 Å². The summed E-state index contributed by atoms with van der Waals surface area (Å²) < 4.78 is 4.98. The second-order valence-corrected chi connectivity index (χ2v) is 3.65. The van der Waals surface area contributed by atoms with Crippen molar-refractivity contribution in [3.8, 4) is 0 Å². The molecule has 0 radical (unpaired) electrons. The first-order chi connectivity index (χ1) is 8.22. The molecule has 5 heteroatoms. The van der Waals surface area contributed by atoms with Crippen molar-refractivity contribution in [1.82, 2.24) is 10.6 Å². The molecule has 0 saturated carbocycles. The quantitative estimate of drug-likeness (QED) is 0.674. The van der Waals surface area contributed by atoms with Gasteiger partial charge >= 0.3 is 6.09 Å². The van der Waals surface area contributed by atoms with Crippen LogP contribution in [0, 0.1) is 0 Å². The van der Waals surface area contributed by atoms with Gasteiger partial charge in [0.2, 0.25) is 0 Å². The van der Waals surface area contributed by atoms with Crippen LogP contribution in [0.3, 0.4) is 0 Å². The molecule has 0 aliphatic rings. The van der Waals surface area contributed by atoms with Crippen molar-refractivity contribution in [1.29, 1.82) is 0 Å². The first-order valence-electron chi connectivity index (χ1n) is 5.49. The van der Waals surface area contributed by atoms with Crippen LogP contribution in [0.25, 0.3) is 0 Å². The molecule has 0 aliphatic heterocycles. The number of aliphatic hydroxyl groups excluding tert-OH is 1. The lowest BCUT2D eigenvalue weighted by Gasteiger charge is -2.11. The molecule has 0 fully saturated rings. The van der Waals surface area contributed by atoms with E-state index in [2.05, 4.69) is 10.6 Å². The molecule has 1 atom stereocenters. The van der Waals surface area contributed by atoms with Gasteiger partial charge in [-0.25, -0.2) is 4.79 Å². The van der Waals surface area contributed by atoms with Crippen LogP contribution in [0.2, 0.25) is 0 Å². The monoisotopic (exact) mass is 238 g/mol. The van der Waals surface area contributed by atoms with Crippen LogP contribution in [-0.4, -0.2) is 37.4 Å². The molecule has 1 rings (SSSR count). The van der Waals surface area contributed by atoms with Crippen molar-refractivity contribution in [2.45, 2.75) is 12.7 Å². The number of benzene rings is 1. The summed E-state index contributed by atoms with van der Waals surface area (Å²) in [6.45, 7) is 0.836. The molecule has 0 bridgehead atoms. The third-order valence-corrected chi connectivity index (χ3v) is 2.13. The molecule has 0 spiro atoms. The largest absolute Gasteiger partial charge is 0.445 e. The third-order valence-electron chi connectivity index (χ3n) is 2.13. The first-order valence-corrected chi connectivity index (χ1v) is 5.49. The van der Waals surface area contributed by atoms with E-state index in [1.807, 2.05) is 30.3 Å². The Hall–Kier alpha value is -1.59. The summed E-state index contributed by atoms with van der Waals surface area (Å²) >= 11 is 0. The molecule has 17 heavy (non-hydrogen) atoms. The Morgan fingerprint density at radius 2 is 2.06 bits per heavy atom. The summed E-state index contributed by atoms with van der Waals surface area (Å²) in [4.78, 5) is 11.3. The van der Waals surface area contributed by atoms with E-state index in [0.717, 1.165) is 5.56 Å². The van der Waals surface area contributed by atoms with Crippen LogP contribution >= 0.6 is 0 Å². The number of amides is 1. The Balaban J connectivity index is 2.17. The molecule has 1 unspecified atom stereocenters. The Morgan fingerprint density at radius 1 is 1.35 bits per heavy atom. The zero-order chi connectivity index (χ0) is 12.5. The van der Waals surface area contributed by atoms with Gasteiger partial charge in [-0.15, -0.1) is 0 Å². The van der Waals surface area contributed by atoms with E-state index in [0.29, 0.717) is 6.54 Å². The van der Waals surface area contributed by atoms with Gasteiger partial charge in [-0.05, 0) is 12.6 Å². The summed E-state index contributed by atoms with van der Waals surface area (Å²) in [7, 11) is 1.73. The SMILES string of the molecule is CNCC(O)CNC(=O)OCc1ccccc1. The highest BCUT2D eigenvalue weighted by atomic mass is 16.5. The van der Waals surface area contributed by atoms with E-state index in [1.54, 1.807) is 7.05 Å². The van der Waals surface area contributed by atoms with Crippen LogP contribution in [0.1, 0.15) is 5.56 Å². The van der Waals surface area contributed by atoms with E-state index in [1.165, 1.54) is 0 Å². The Morgan fingerprint density at radius 3 is 2.71 bits per heavy atom. The van der Waals surface area contributed by atoms with Crippen LogP contribution in [0.4, 0.5) is 4.79 Å². The minimum Gasteiger partial charge on any atom is -0.445 e. The number of hydrogen-bond acceptors (Lipinski definition) is 4. The lowest BCUT2D eigenvalue weighted by molar-refractivity contribution is 0.125. The van der Waals surface area contributed by atoms with Gasteiger partial charge < -0.3 is 20.5 Å². The predicted molar refractivity (Wildman–Crippen MR) is 64.6 cm³/mol. The first kappa shape index (κ1) is 13.5. The topological polar surface area (TPSA) is 70.6 Å². The number of alkyl carbamates (subject to hydrolysis) is 1. The van der Waals surface area contributed by atoms with Gasteiger partial charge in [0.25, 0.3) is 0 Å². The normalized spacial score (nSPS) is 11.9. The van der Waals surface area contributed by atoms with Gasteiger partial charge in [0.15, 0.2) is 0 Å². The molecule has 1 aromatic carbocycles. The number of likely N-dealkylation sites (N-methyl/N-ethyl adjacent to an activating group) is 1. The molecule has 3 N–H and O–H groups in total. The minimum absolute atomic E-state index is 0.175. The maximum Gasteiger partial charge on any atom is 0.407 e. The minimum atomic E-state index is -0.607. The van der Waals surface area contributed by atoms with Crippen molar-refractivity contribution in [2.24, 2.45) is 0 Å². The summed E-state index contributed by atoms with van der Waals surface area (Å²) in [5.74, 6) is 0. The summed E-state index contributed by atoms with van der Waals surface area (Å²) in [5.41, 5.74) is 0.929. The average Bonchev–Trinajstić information content (AvgIpc) is 2.35. The highest BCUT2D eigenvalue weighted by Gasteiger charge is 2.06. The smallest absolute Gasteiger partial charge is 0.407 e. The Kier molecular flexibility index (Phi) is 6.06. The molecule has 0 heterocycles. The van der Waals surface area contributed by atoms with Crippen LogP contribution in [0.15, 0.2) is 30.3 Å². The molecule has 94 valence electrons. The van der Waals surface area contributed by atoms with Crippen molar-refractivity contribution >= 4 is 6.09 Å². The number of carbonyl (C=O) groups is 1. The fourth-order valence-corrected chi connectivity index (χ4v) is 1.28. The zero-order valence-electron chi connectivity index (χ0n) is 9.85. The van der Waals surface area contributed by atoms with Gasteiger partial charge in [0.05, 0.1) is 6.10 Å². The van der Waals surface area contributed by atoms with Crippen LogP contribution in [0.5, 0.6) is 0 Å². The molecule has 0 saturated heterocycles.